The molecule has 2 aromatic rings. The highest BCUT2D eigenvalue weighted by atomic mass is 16.5. The molecule has 3 nitrogen and oxygen atoms in total. The zero-order chi connectivity index (χ0) is 21.1. The molecular formula is C21H29NO2. The van der Waals surface area contributed by atoms with Crippen molar-refractivity contribution in [2.75, 3.05) is 6.56 Å². The van der Waals surface area contributed by atoms with Gasteiger partial charge < -0.3 is 14.5 Å². The fourth-order valence-electron chi connectivity index (χ4n) is 3.74. The standard InChI is InChI=1S/C21H29NO2/c1-6-7-15-14(2)8-9-16-17-10-13-24-21(11-12-23,20(3,4)5)19(17)22-18(15)16/h8-9,12,22H,6-7,10-11,13H2,1-5H3/t21-/m1/s1/i10D2,13D2. The maximum Gasteiger partial charge on any atom is 0.123 e. The summed E-state index contributed by atoms with van der Waals surface area (Å²) in [6.45, 7) is 7.20. The van der Waals surface area contributed by atoms with Crippen molar-refractivity contribution < 1.29 is 15.0 Å². The van der Waals surface area contributed by atoms with Gasteiger partial charge in [0, 0.05) is 20.1 Å². The summed E-state index contributed by atoms with van der Waals surface area (Å²) in [7, 11) is 0. The number of aromatic nitrogens is 1. The van der Waals surface area contributed by atoms with Crippen LogP contribution in [0.25, 0.3) is 10.9 Å². The lowest BCUT2D eigenvalue weighted by atomic mass is 9.70. The van der Waals surface area contributed by atoms with Gasteiger partial charge in [0.2, 0.25) is 0 Å². The van der Waals surface area contributed by atoms with Crippen LogP contribution >= 0.6 is 0 Å². The van der Waals surface area contributed by atoms with Gasteiger partial charge in [-0.25, -0.2) is 0 Å². The van der Waals surface area contributed by atoms with E-state index in [1.807, 2.05) is 39.8 Å². The Kier molecular flexibility index (Phi) is 3.20. The maximum absolute atomic E-state index is 11.6. The van der Waals surface area contributed by atoms with Gasteiger partial charge in [-0.05, 0) is 41.8 Å². The number of nitrogens with one attached hydrogen (secondary N) is 1. The van der Waals surface area contributed by atoms with Gasteiger partial charge in [0.25, 0.3) is 0 Å². The topological polar surface area (TPSA) is 42.1 Å². The Labute approximate surface area is 150 Å². The Morgan fingerprint density at radius 2 is 2.17 bits per heavy atom. The van der Waals surface area contributed by atoms with Crippen LogP contribution in [0, 0.1) is 12.3 Å². The Balaban J connectivity index is 2.51. The summed E-state index contributed by atoms with van der Waals surface area (Å²) in [5, 5.41) is 0.667. The Morgan fingerprint density at radius 1 is 1.42 bits per heavy atom. The summed E-state index contributed by atoms with van der Waals surface area (Å²) in [6, 6.07) is 3.81. The van der Waals surface area contributed by atoms with E-state index in [4.69, 9.17) is 10.2 Å². The van der Waals surface area contributed by atoms with Crippen LogP contribution in [-0.2, 0) is 27.9 Å². The molecular weight excluding hydrogens is 298 g/mol. The van der Waals surface area contributed by atoms with Gasteiger partial charge in [0.15, 0.2) is 0 Å². The van der Waals surface area contributed by atoms with Gasteiger partial charge >= 0.3 is 0 Å². The highest BCUT2D eigenvalue weighted by molar-refractivity contribution is 5.89. The average molecular weight is 331 g/mol. The second-order valence-corrected chi connectivity index (χ2v) is 7.69. The molecule has 0 saturated carbocycles. The molecule has 0 fully saturated rings. The Morgan fingerprint density at radius 3 is 2.79 bits per heavy atom. The molecule has 0 spiro atoms. The average Bonchev–Trinajstić information content (AvgIpc) is 2.95. The second-order valence-electron chi connectivity index (χ2n) is 7.69. The van der Waals surface area contributed by atoms with Crippen molar-refractivity contribution in [1.82, 2.24) is 4.98 Å². The Bertz CT molecular complexity index is 927. The summed E-state index contributed by atoms with van der Waals surface area (Å²) in [6.07, 6.45) is 0.0722. The van der Waals surface area contributed by atoms with E-state index in [9.17, 15) is 4.79 Å². The number of ether oxygens (including phenoxy) is 1. The molecule has 130 valence electrons. The summed E-state index contributed by atoms with van der Waals surface area (Å²) >= 11 is 0. The fraction of sp³-hybridized carbons (Fsp3) is 0.571. The van der Waals surface area contributed by atoms with E-state index in [0.717, 1.165) is 35.8 Å². The number of carbonyl (C=O) groups is 1. The van der Waals surface area contributed by atoms with Crippen molar-refractivity contribution in [1.29, 1.82) is 0 Å². The SMILES string of the molecule is [2H]C1([2H])O[C@@](CC=O)(C(C)(C)C)c2[nH]c3c(CCC)c(C)ccc3c2C1([2H])[2H]. The first-order valence-electron chi connectivity index (χ1n) is 10.6. The fourth-order valence-corrected chi connectivity index (χ4v) is 3.74. The Hall–Kier alpha value is -1.61. The minimum atomic E-state index is -2.58. The van der Waals surface area contributed by atoms with Crippen molar-refractivity contribution >= 4 is 17.2 Å². The summed E-state index contributed by atoms with van der Waals surface area (Å²) in [5.41, 5.74) is 1.83. The van der Waals surface area contributed by atoms with E-state index in [0.29, 0.717) is 11.1 Å². The number of aldehydes is 1. The van der Waals surface area contributed by atoms with Crippen LogP contribution in [0.15, 0.2) is 12.1 Å². The molecule has 0 aliphatic carbocycles. The zero-order valence-electron chi connectivity index (χ0n) is 19.2. The minimum Gasteiger partial charge on any atom is -0.367 e. The summed E-state index contributed by atoms with van der Waals surface area (Å²) in [5.74, 6) is 0. The molecule has 1 atom stereocenters. The quantitative estimate of drug-likeness (QED) is 0.815. The predicted molar refractivity (Wildman–Crippen MR) is 98.5 cm³/mol. The number of hydrogen-bond donors (Lipinski definition) is 1. The van der Waals surface area contributed by atoms with Crippen LogP contribution in [0.2, 0.25) is 0 Å². The molecule has 0 radical (unpaired) electrons. The molecule has 1 aliphatic heterocycles. The zero-order valence-corrected chi connectivity index (χ0v) is 15.2. The van der Waals surface area contributed by atoms with Crippen LogP contribution in [0.3, 0.4) is 0 Å². The van der Waals surface area contributed by atoms with Gasteiger partial charge in [-0.3, -0.25) is 0 Å². The first kappa shape index (κ1) is 12.7. The summed E-state index contributed by atoms with van der Waals surface area (Å²) in [4.78, 5) is 15.0. The van der Waals surface area contributed by atoms with Crippen LogP contribution in [0.5, 0.6) is 0 Å². The van der Waals surface area contributed by atoms with E-state index in [1.54, 1.807) is 0 Å². The summed E-state index contributed by atoms with van der Waals surface area (Å²) < 4.78 is 39.9. The first-order chi connectivity index (χ1) is 12.8. The highest BCUT2D eigenvalue weighted by Crippen LogP contribution is 2.49. The van der Waals surface area contributed by atoms with Crippen LogP contribution < -0.4 is 0 Å². The third-order valence-corrected chi connectivity index (χ3v) is 5.20. The van der Waals surface area contributed by atoms with Crippen molar-refractivity contribution in [3.05, 3.63) is 34.5 Å². The van der Waals surface area contributed by atoms with Crippen molar-refractivity contribution in [2.45, 2.75) is 65.9 Å². The van der Waals surface area contributed by atoms with Gasteiger partial charge in [-0.15, -0.1) is 0 Å². The van der Waals surface area contributed by atoms with E-state index in [1.165, 1.54) is 0 Å². The third kappa shape index (κ3) is 2.41. The molecule has 1 aromatic carbocycles. The van der Waals surface area contributed by atoms with E-state index < -0.39 is 23.9 Å². The van der Waals surface area contributed by atoms with Crippen LogP contribution in [0.1, 0.15) is 68.4 Å². The first-order valence-corrected chi connectivity index (χ1v) is 8.63. The van der Waals surface area contributed by atoms with E-state index >= 15 is 0 Å². The lowest BCUT2D eigenvalue weighted by Crippen LogP contribution is -2.46. The van der Waals surface area contributed by atoms with Crippen molar-refractivity contribution in [2.24, 2.45) is 5.41 Å². The number of H-pyrrole nitrogens is 1. The van der Waals surface area contributed by atoms with Crippen molar-refractivity contribution in [3.63, 3.8) is 0 Å². The molecule has 1 aromatic heterocycles. The van der Waals surface area contributed by atoms with Gasteiger partial charge in [-0.1, -0.05) is 46.2 Å². The monoisotopic (exact) mass is 331 g/mol. The third-order valence-electron chi connectivity index (χ3n) is 5.20. The highest BCUT2D eigenvalue weighted by Gasteiger charge is 2.49. The molecule has 24 heavy (non-hydrogen) atoms. The number of hydrogen-bond acceptors (Lipinski definition) is 2. The normalized spacial score (nSPS) is 27.7. The number of rotatable bonds is 4. The second kappa shape index (κ2) is 6.03. The number of benzene rings is 1. The molecule has 0 bridgehead atoms. The van der Waals surface area contributed by atoms with Crippen LogP contribution in [-0.4, -0.2) is 17.8 Å². The molecule has 0 amide bonds. The van der Waals surface area contributed by atoms with Crippen LogP contribution in [0.4, 0.5) is 0 Å². The lowest BCUT2D eigenvalue weighted by molar-refractivity contribution is -0.147. The van der Waals surface area contributed by atoms with Gasteiger partial charge in [0.05, 0.1) is 15.0 Å². The number of aromatic amines is 1. The molecule has 0 unspecified atom stereocenters. The predicted octanol–water partition coefficient (Wildman–Crippen LogP) is 4.83. The molecule has 3 heteroatoms. The molecule has 3 rings (SSSR count). The number of aryl methyl sites for hydroxylation is 3. The number of fused-ring (bicyclic) bond motifs is 3. The smallest absolute Gasteiger partial charge is 0.123 e. The van der Waals surface area contributed by atoms with Gasteiger partial charge in [0.1, 0.15) is 11.9 Å². The maximum atomic E-state index is 11.6. The molecule has 1 N–H and O–H groups in total. The lowest BCUT2D eigenvalue weighted by Gasteiger charge is -2.46. The van der Waals surface area contributed by atoms with Gasteiger partial charge in [-0.2, -0.15) is 0 Å². The molecule has 1 aliphatic rings. The number of carbonyl (C=O) groups excluding carboxylic acids is 1. The molecule has 2 heterocycles. The van der Waals surface area contributed by atoms with E-state index in [-0.39, 0.29) is 12.0 Å². The molecule has 0 saturated heterocycles. The minimum absolute atomic E-state index is 0.0615. The van der Waals surface area contributed by atoms with Crippen molar-refractivity contribution in [3.8, 4) is 0 Å². The van der Waals surface area contributed by atoms with E-state index in [2.05, 4.69) is 11.9 Å². The largest absolute Gasteiger partial charge is 0.367 e.